The molecule has 1 atom stereocenters. The largest absolute Gasteiger partial charge is 0.481 e. The lowest BCUT2D eigenvalue weighted by Crippen LogP contribution is -2.44. The molecule has 3 heteroatoms. The number of aliphatic hydroxyl groups is 1. The molecule has 0 aliphatic rings. The number of hydrogen-bond donors (Lipinski definition) is 1. The quantitative estimate of drug-likeness (QED) is 0.278. The first-order chi connectivity index (χ1) is 9.74. The highest BCUT2D eigenvalue weighted by atomic mass is 16.6. The number of quaternary nitrogens is 1. The van der Waals surface area contributed by atoms with Crippen LogP contribution in [0.25, 0.3) is 0 Å². The van der Waals surface area contributed by atoms with Crippen molar-refractivity contribution in [3.8, 4) is 0 Å². The second-order valence-corrected chi connectivity index (χ2v) is 5.67. The van der Waals surface area contributed by atoms with Crippen molar-refractivity contribution in [3.05, 3.63) is 61.3 Å². The predicted octanol–water partition coefficient (Wildman–Crippen LogP) is 4.48. The van der Waals surface area contributed by atoms with E-state index in [0.29, 0.717) is 11.1 Å². The molecule has 0 aromatic heterocycles. The van der Waals surface area contributed by atoms with E-state index in [-0.39, 0.29) is 12.0 Å². The van der Waals surface area contributed by atoms with Crippen LogP contribution in [0, 0.1) is 0 Å². The number of likely N-dealkylation sites (N-methyl/N-ethyl adjacent to an activating group) is 1. The van der Waals surface area contributed by atoms with Gasteiger partial charge in [0.25, 0.3) is 5.95 Å². The van der Waals surface area contributed by atoms with Gasteiger partial charge in [-0.1, -0.05) is 31.4 Å². The fourth-order valence-electron chi connectivity index (χ4n) is 2.22. The Morgan fingerprint density at radius 1 is 1.33 bits per heavy atom. The van der Waals surface area contributed by atoms with Crippen LogP contribution in [0.15, 0.2) is 61.3 Å². The molecule has 0 bridgehead atoms. The molecule has 0 radical (unpaired) electrons. The second kappa shape index (κ2) is 9.24. The summed E-state index contributed by atoms with van der Waals surface area (Å²) in [5.41, 5.74) is 2.17. The van der Waals surface area contributed by atoms with Gasteiger partial charge in [0.2, 0.25) is 0 Å². The van der Waals surface area contributed by atoms with E-state index in [4.69, 9.17) is 4.74 Å². The van der Waals surface area contributed by atoms with Gasteiger partial charge in [-0.25, -0.2) is 0 Å². The summed E-state index contributed by atoms with van der Waals surface area (Å²) < 4.78 is 5.62. The normalized spacial score (nSPS) is 14.0. The summed E-state index contributed by atoms with van der Waals surface area (Å²) >= 11 is 0. The van der Waals surface area contributed by atoms with Gasteiger partial charge < -0.3 is 9.84 Å². The molecule has 1 N–H and O–H groups in total. The summed E-state index contributed by atoms with van der Waals surface area (Å²) in [5.74, 6) is -0.0688. The number of hydrogen-bond acceptors (Lipinski definition) is 2. The Hall–Kier alpha value is -1.74. The molecule has 1 unspecified atom stereocenters. The zero-order valence-corrected chi connectivity index (χ0v) is 13.9. The summed E-state index contributed by atoms with van der Waals surface area (Å²) in [7, 11) is 4.22. The molecule has 21 heavy (non-hydrogen) atoms. The minimum atomic E-state index is -0.0688. The van der Waals surface area contributed by atoms with Crippen LogP contribution in [0.2, 0.25) is 0 Å². The smallest absolute Gasteiger partial charge is 0.276 e. The molecule has 0 heterocycles. The third kappa shape index (κ3) is 7.57. The topological polar surface area (TPSA) is 29.5 Å². The van der Waals surface area contributed by atoms with Gasteiger partial charge in [0, 0.05) is 12.5 Å². The maximum atomic E-state index is 9.44. The minimum Gasteiger partial charge on any atom is -0.481 e. The fourth-order valence-corrected chi connectivity index (χ4v) is 2.22. The van der Waals surface area contributed by atoms with Crippen molar-refractivity contribution in [1.82, 2.24) is 0 Å². The molecular weight excluding hydrogens is 262 g/mol. The lowest BCUT2D eigenvalue weighted by Gasteiger charge is -2.35. The van der Waals surface area contributed by atoms with E-state index in [1.165, 1.54) is 0 Å². The Bertz CT molecular complexity index is 430. The summed E-state index contributed by atoms with van der Waals surface area (Å²) in [5, 5.41) is 9.44. The van der Waals surface area contributed by atoms with Crippen LogP contribution in [0.4, 0.5) is 0 Å². The number of rotatable bonds is 10. The summed E-state index contributed by atoms with van der Waals surface area (Å²) in [6.07, 6.45) is 9.04. The van der Waals surface area contributed by atoms with Crippen molar-refractivity contribution in [2.24, 2.45) is 0 Å². The van der Waals surface area contributed by atoms with E-state index in [2.05, 4.69) is 33.8 Å². The van der Waals surface area contributed by atoms with Gasteiger partial charge in [-0.05, 0) is 31.9 Å². The van der Waals surface area contributed by atoms with Gasteiger partial charge in [0.05, 0.1) is 26.9 Å². The molecule has 0 spiro atoms. The number of aliphatic hydroxyl groups excluding tert-OH is 1. The van der Waals surface area contributed by atoms with Crippen LogP contribution in [-0.2, 0) is 4.74 Å². The average molecular weight is 292 g/mol. The lowest BCUT2D eigenvalue weighted by molar-refractivity contribution is -0.860. The van der Waals surface area contributed by atoms with Crippen LogP contribution in [-0.4, -0.2) is 36.3 Å². The standard InChI is InChI=1S/C18H29NO2/c1-8-16(5)12-13-17(15(3)4)19(6,7)14-10-11-18(20)21-9-2/h8,10-11,14,17H,1,3,5,9,12-13H2,2,4,6-7H3/p+1/b14-10+,18-11+. The van der Waals surface area contributed by atoms with E-state index in [0.717, 1.165) is 24.0 Å². The molecule has 0 rings (SSSR count). The molecule has 118 valence electrons. The first kappa shape index (κ1) is 19.3. The molecule has 0 saturated carbocycles. The Morgan fingerprint density at radius 3 is 2.43 bits per heavy atom. The SMILES string of the molecule is C=CC(=C)CCC(C(=C)C)[N+](C)(C)/C=C/C=C(\O)OCC. The van der Waals surface area contributed by atoms with Gasteiger partial charge >= 0.3 is 0 Å². The van der Waals surface area contributed by atoms with Crippen molar-refractivity contribution in [3.63, 3.8) is 0 Å². The molecular formula is C18H30NO2+. The van der Waals surface area contributed by atoms with Gasteiger partial charge in [0.15, 0.2) is 0 Å². The van der Waals surface area contributed by atoms with Crippen molar-refractivity contribution in [2.75, 3.05) is 20.7 Å². The van der Waals surface area contributed by atoms with Crippen molar-refractivity contribution in [1.29, 1.82) is 0 Å². The van der Waals surface area contributed by atoms with Crippen molar-refractivity contribution in [2.45, 2.75) is 32.7 Å². The highest BCUT2D eigenvalue weighted by molar-refractivity contribution is 5.12. The van der Waals surface area contributed by atoms with Crippen LogP contribution in [0.1, 0.15) is 26.7 Å². The summed E-state index contributed by atoms with van der Waals surface area (Å²) in [4.78, 5) is 0. The van der Waals surface area contributed by atoms with E-state index in [9.17, 15) is 5.11 Å². The molecule has 0 aromatic rings. The van der Waals surface area contributed by atoms with Crippen LogP contribution in [0.3, 0.4) is 0 Å². The molecule has 0 aromatic carbocycles. The minimum absolute atomic E-state index is 0.0688. The van der Waals surface area contributed by atoms with Gasteiger partial charge in [-0.2, -0.15) is 0 Å². The first-order valence-electron chi connectivity index (χ1n) is 7.24. The average Bonchev–Trinajstić information content (AvgIpc) is 2.37. The van der Waals surface area contributed by atoms with E-state index in [1.807, 2.05) is 26.1 Å². The zero-order valence-electron chi connectivity index (χ0n) is 13.9. The van der Waals surface area contributed by atoms with Crippen LogP contribution in [0.5, 0.6) is 0 Å². The highest BCUT2D eigenvalue weighted by Crippen LogP contribution is 2.22. The number of nitrogens with zero attached hydrogens (tertiary/aromatic N) is 1. The predicted molar refractivity (Wildman–Crippen MR) is 90.8 cm³/mol. The van der Waals surface area contributed by atoms with Crippen molar-refractivity contribution < 1.29 is 14.3 Å². The van der Waals surface area contributed by atoms with Crippen LogP contribution >= 0.6 is 0 Å². The monoisotopic (exact) mass is 292 g/mol. The van der Waals surface area contributed by atoms with Gasteiger partial charge in [-0.15, -0.1) is 0 Å². The first-order valence-corrected chi connectivity index (χ1v) is 7.24. The Morgan fingerprint density at radius 2 is 1.95 bits per heavy atom. The van der Waals surface area contributed by atoms with Gasteiger partial charge in [0.1, 0.15) is 6.04 Å². The molecule has 0 fully saturated rings. The van der Waals surface area contributed by atoms with E-state index >= 15 is 0 Å². The molecule has 3 nitrogen and oxygen atoms in total. The summed E-state index contributed by atoms with van der Waals surface area (Å²) in [6, 6.07) is 0.278. The number of allylic oxidation sites excluding steroid dienone is 4. The molecule has 0 amide bonds. The van der Waals surface area contributed by atoms with Crippen molar-refractivity contribution >= 4 is 0 Å². The second-order valence-electron chi connectivity index (χ2n) is 5.67. The van der Waals surface area contributed by atoms with Gasteiger partial charge in [-0.3, -0.25) is 4.48 Å². The maximum Gasteiger partial charge on any atom is 0.276 e. The Balaban J connectivity index is 4.90. The van der Waals surface area contributed by atoms with E-state index in [1.54, 1.807) is 12.2 Å². The van der Waals surface area contributed by atoms with E-state index < -0.39 is 0 Å². The molecule has 0 aliphatic heterocycles. The lowest BCUT2D eigenvalue weighted by atomic mass is 9.99. The zero-order chi connectivity index (χ0) is 16.5. The highest BCUT2D eigenvalue weighted by Gasteiger charge is 2.26. The Labute approximate surface area is 129 Å². The summed E-state index contributed by atoms with van der Waals surface area (Å²) in [6.45, 7) is 16.1. The molecule has 0 saturated heterocycles. The maximum absolute atomic E-state index is 9.44. The third-order valence-electron chi connectivity index (χ3n) is 3.40. The molecule has 0 aliphatic carbocycles. The number of ether oxygens (including phenoxy) is 1. The Kier molecular flexibility index (Phi) is 8.48. The van der Waals surface area contributed by atoms with Crippen LogP contribution < -0.4 is 0 Å². The third-order valence-corrected chi connectivity index (χ3v) is 3.40. The fraction of sp³-hybridized carbons (Fsp3) is 0.444.